The number of benzene rings is 1. The van der Waals surface area contributed by atoms with Crippen LogP contribution in [-0.4, -0.2) is 57.4 Å². The Kier molecular flexibility index (Phi) is 5.57. The maximum absolute atomic E-state index is 12.8. The molecule has 0 aliphatic carbocycles. The van der Waals surface area contributed by atoms with Crippen LogP contribution in [0.25, 0.3) is 22.0 Å². The second kappa shape index (κ2) is 8.71. The van der Waals surface area contributed by atoms with Crippen molar-refractivity contribution in [2.75, 3.05) is 36.5 Å². The summed E-state index contributed by atoms with van der Waals surface area (Å²) in [6.45, 7) is 2.88. The molecule has 9 nitrogen and oxygen atoms in total. The van der Waals surface area contributed by atoms with E-state index in [4.69, 9.17) is 4.74 Å². The van der Waals surface area contributed by atoms with Gasteiger partial charge >= 0.3 is 6.18 Å². The maximum atomic E-state index is 12.8. The lowest BCUT2D eigenvalue weighted by Crippen LogP contribution is -2.36. The molecule has 12 heteroatoms. The number of hydrogen-bond acceptors (Lipinski definition) is 7. The Morgan fingerprint density at radius 2 is 1.85 bits per heavy atom. The SMILES string of the molecule is O=C(Nc1cnc(C(F)(F)F)cn1)c1n[nH]c2ccc(-c3cncc(N4CCOCC4)c3)cc12. The number of aromatic nitrogens is 5. The Hall–Kier alpha value is -4.06. The first kappa shape index (κ1) is 21.8. The summed E-state index contributed by atoms with van der Waals surface area (Å²) in [4.78, 5) is 26.2. The summed E-state index contributed by atoms with van der Waals surface area (Å²) in [5.74, 6) is -0.745. The van der Waals surface area contributed by atoms with Crippen molar-refractivity contribution in [3.63, 3.8) is 0 Å². The Labute approximate surface area is 191 Å². The minimum atomic E-state index is -4.61. The van der Waals surface area contributed by atoms with E-state index in [2.05, 4.69) is 35.4 Å². The van der Waals surface area contributed by atoms with Gasteiger partial charge in [0.15, 0.2) is 17.2 Å². The summed E-state index contributed by atoms with van der Waals surface area (Å²) in [6, 6.07) is 7.53. The van der Waals surface area contributed by atoms with Crippen LogP contribution in [-0.2, 0) is 10.9 Å². The van der Waals surface area contributed by atoms with Crippen LogP contribution in [0.4, 0.5) is 24.7 Å². The summed E-state index contributed by atoms with van der Waals surface area (Å²) in [6.07, 6.45) is 0.338. The third-order valence-corrected chi connectivity index (χ3v) is 5.40. The first-order chi connectivity index (χ1) is 16.4. The van der Waals surface area contributed by atoms with Crippen LogP contribution < -0.4 is 10.2 Å². The lowest BCUT2D eigenvalue weighted by atomic mass is 10.0. The number of ether oxygens (including phenoxy) is 1. The third-order valence-electron chi connectivity index (χ3n) is 5.40. The monoisotopic (exact) mass is 469 g/mol. The average Bonchev–Trinajstić information content (AvgIpc) is 3.28. The van der Waals surface area contributed by atoms with Crippen LogP contribution in [0.1, 0.15) is 16.2 Å². The maximum Gasteiger partial charge on any atom is 0.434 e. The highest BCUT2D eigenvalue weighted by molar-refractivity contribution is 6.11. The lowest BCUT2D eigenvalue weighted by molar-refractivity contribution is -0.141. The fraction of sp³-hybridized carbons (Fsp3) is 0.227. The Bertz CT molecular complexity index is 1330. The number of H-pyrrole nitrogens is 1. The number of aromatic amines is 1. The van der Waals surface area contributed by atoms with Crippen molar-refractivity contribution in [3.8, 4) is 11.1 Å². The van der Waals surface area contributed by atoms with E-state index < -0.39 is 17.8 Å². The normalized spacial score (nSPS) is 14.4. The molecule has 0 radical (unpaired) electrons. The lowest BCUT2D eigenvalue weighted by Gasteiger charge is -2.28. The molecule has 1 aliphatic rings. The Morgan fingerprint density at radius 1 is 1.03 bits per heavy atom. The quantitative estimate of drug-likeness (QED) is 0.471. The first-order valence-corrected chi connectivity index (χ1v) is 10.4. The highest BCUT2D eigenvalue weighted by Crippen LogP contribution is 2.29. The fourth-order valence-corrected chi connectivity index (χ4v) is 3.66. The highest BCUT2D eigenvalue weighted by Gasteiger charge is 2.32. The number of morpholine rings is 1. The summed E-state index contributed by atoms with van der Waals surface area (Å²) in [5, 5.41) is 9.84. The largest absolute Gasteiger partial charge is 0.434 e. The first-order valence-electron chi connectivity index (χ1n) is 10.4. The molecule has 0 saturated carbocycles. The van der Waals surface area contributed by atoms with E-state index in [0.29, 0.717) is 30.3 Å². The predicted molar refractivity (Wildman–Crippen MR) is 117 cm³/mol. The van der Waals surface area contributed by atoms with Gasteiger partial charge in [-0.25, -0.2) is 9.97 Å². The van der Waals surface area contributed by atoms with E-state index in [0.717, 1.165) is 36.1 Å². The van der Waals surface area contributed by atoms with Crippen LogP contribution >= 0.6 is 0 Å². The molecule has 1 fully saturated rings. The molecule has 34 heavy (non-hydrogen) atoms. The summed E-state index contributed by atoms with van der Waals surface area (Å²) >= 11 is 0. The number of alkyl halides is 3. The van der Waals surface area contributed by atoms with E-state index in [1.54, 1.807) is 18.5 Å². The second-order valence-corrected chi connectivity index (χ2v) is 7.60. The molecule has 1 amide bonds. The van der Waals surface area contributed by atoms with Crippen LogP contribution in [0.3, 0.4) is 0 Å². The van der Waals surface area contributed by atoms with Crippen molar-refractivity contribution < 1.29 is 22.7 Å². The number of amides is 1. The van der Waals surface area contributed by atoms with Crippen LogP contribution in [0, 0.1) is 0 Å². The van der Waals surface area contributed by atoms with E-state index in [1.165, 1.54) is 0 Å². The fourth-order valence-electron chi connectivity index (χ4n) is 3.66. The van der Waals surface area contributed by atoms with E-state index >= 15 is 0 Å². The molecule has 1 aromatic carbocycles. The molecule has 0 atom stereocenters. The van der Waals surface area contributed by atoms with Crippen molar-refractivity contribution >= 4 is 28.3 Å². The number of hydrogen-bond donors (Lipinski definition) is 2. The van der Waals surface area contributed by atoms with Gasteiger partial charge in [0.05, 0.1) is 43.0 Å². The molecular weight excluding hydrogens is 451 g/mol. The van der Waals surface area contributed by atoms with Gasteiger partial charge in [-0.3, -0.25) is 14.9 Å². The van der Waals surface area contributed by atoms with Gasteiger partial charge in [-0.1, -0.05) is 6.07 Å². The van der Waals surface area contributed by atoms with E-state index in [9.17, 15) is 18.0 Å². The topological polar surface area (TPSA) is 109 Å². The summed E-state index contributed by atoms with van der Waals surface area (Å²) < 4.78 is 43.4. The van der Waals surface area contributed by atoms with Gasteiger partial charge in [0, 0.05) is 30.2 Å². The zero-order valence-corrected chi connectivity index (χ0v) is 17.6. The van der Waals surface area contributed by atoms with Gasteiger partial charge in [0.25, 0.3) is 5.91 Å². The minimum absolute atomic E-state index is 0.0795. The van der Waals surface area contributed by atoms with Crippen molar-refractivity contribution in [2.24, 2.45) is 0 Å². The van der Waals surface area contributed by atoms with Gasteiger partial charge in [0.1, 0.15) is 0 Å². The molecule has 0 bridgehead atoms. The van der Waals surface area contributed by atoms with Crippen molar-refractivity contribution in [1.29, 1.82) is 0 Å². The number of halogens is 3. The number of carbonyl (C=O) groups excluding carboxylic acids is 1. The molecule has 2 N–H and O–H groups in total. The molecule has 4 aromatic rings. The smallest absolute Gasteiger partial charge is 0.378 e. The highest BCUT2D eigenvalue weighted by atomic mass is 19.4. The van der Waals surface area contributed by atoms with E-state index in [1.807, 2.05) is 18.2 Å². The van der Waals surface area contributed by atoms with Gasteiger partial charge in [-0.15, -0.1) is 0 Å². The standard InChI is InChI=1S/C22H18F3N7O2/c23-22(24,25)18-11-28-19(12-27-18)29-21(33)20-16-8-13(1-2-17(16)30-31-20)14-7-15(10-26-9-14)32-3-5-34-6-4-32/h1-2,7-12H,3-6H2,(H,30,31)(H,28,29,33). The van der Waals surface area contributed by atoms with Crippen LogP contribution in [0.5, 0.6) is 0 Å². The number of carbonyl (C=O) groups is 1. The number of fused-ring (bicyclic) bond motifs is 1. The summed E-state index contributed by atoms with van der Waals surface area (Å²) in [5.41, 5.74) is 2.24. The van der Waals surface area contributed by atoms with Gasteiger partial charge < -0.3 is 15.0 Å². The minimum Gasteiger partial charge on any atom is -0.378 e. The molecule has 0 spiro atoms. The molecule has 1 aliphatic heterocycles. The van der Waals surface area contributed by atoms with E-state index in [-0.39, 0.29) is 11.5 Å². The number of pyridine rings is 1. The summed E-state index contributed by atoms with van der Waals surface area (Å²) in [7, 11) is 0. The number of nitrogens with one attached hydrogen (secondary N) is 2. The second-order valence-electron chi connectivity index (χ2n) is 7.60. The van der Waals surface area contributed by atoms with Crippen LogP contribution in [0.2, 0.25) is 0 Å². The third kappa shape index (κ3) is 4.39. The average molecular weight is 469 g/mol. The molecule has 4 heterocycles. The van der Waals surface area contributed by atoms with Gasteiger partial charge in [-0.2, -0.15) is 18.3 Å². The van der Waals surface area contributed by atoms with Gasteiger partial charge in [0.2, 0.25) is 0 Å². The molecule has 3 aromatic heterocycles. The number of nitrogens with zero attached hydrogens (tertiary/aromatic N) is 5. The number of anilines is 2. The Morgan fingerprint density at radius 3 is 2.59 bits per heavy atom. The molecule has 0 unspecified atom stereocenters. The molecule has 1 saturated heterocycles. The van der Waals surface area contributed by atoms with Gasteiger partial charge in [-0.05, 0) is 23.8 Å². The Balaban J connectivity index is 1.40. The molecule has 5 rings (SSSR count). The molecule has 174 valence electrons. The number of rotatable bonds is 4. The van der Waals surface area contributed by atoms with Crippen molar-refractivity contribution in [2.45, 2.75) is 6.18 Å². The molecular formula is C22H18F3N7O2. The zero-order chi connectivity index (χ0) is 23.7. The predicted octanol–water partition coefficient (Wildman–Crippen LogP) is 3.52. The van der Waals surface area contributed by atoms with Crippen molar-refractivity contribution in [3.05, 3.63) is 60.4 Å². The zero-order valence-electron chi connectivity index (χ0n) is 17.6. The van der Waals surface area contributed by atoms with Crippen LogP contribution in [0.15, 0.2) is 49.1 Å². The van der Waals surface area contributed by atoms with Crippen molar-refractivity contribution in [1.82, 2.24) is 25.1 Å².